The molecule has 1 heterocycles. The lowest BCUT2D eigenvalue weighted by atomic mass is 9.99. The molecular formula is C29H28Cl2N4O4. The van der Waals surface area contributed by atoms with Crippen molar-refractivity contribution in [2.75, 3.05) is 49.8 Å². The van der Waals surface area contributed by atoms with Crippen molar-refractivity contribution < 1.29 is 19.1 Å². The number of nitrogens with one attached hydrogen (secondary N) is 2. The van der Waals surface area contributed by atoms with E-state index < -0.39 is 5.97 Å². The average Bonchev–Trinajstić information content (AvgIpc) is 3.21. The van der Waals surface area contributed by atoms with Crippen molar-refractivity contribution in [1.82, 2.24) is 4.90 Å². The fourth-order valence-corrected chi connectivity index (χ4v) is 4.99. The van der Waals surface area contributed by atoms with Gasteiger partial charge in [0.2, 0.25) is 5.91 Å². The molecule has 1 aliphatic heterocycles. The summed E-state index contributed by atoms with van der Waals surface area (Å²) >= 11 is 13.2. The molecule has 39 heavy (non-hydrogen) atoms. The molecular weight excluding hydrogens is 539 g/mol. The lowest BCUT2D eigenvalue weighted by Gasteiger charge is -2.23. The van der Waals surface area contributed by atoms with E-state index in [0.29, 0.717) is 39.5 Å². The molecule has 4 rings (SSSR count). The monoisotopic (exact) mass is 566 g/mol. The van der Waals surface area contributed by atoms with E-state index in [2.05, 4.69) is 10.6 Å². The molecule has 0 aromatic heterocycles. The van der Waals surface area contributed by atoms with Gasteiger partial charge in [-0.2, -0.15) is 0 Å². The summed E-state index contributed by atoms with van der Waals surface area (Å²) in [6, 6.07) is 17.6. The summed E-state index contributed by atoms with van der Waals surface area (Å²) in [5, 5.41) is 6.71. The number of benzene rings is 3. The molecule has 3 aromatic rings. The molecule has 0 radical (unpaired) electrons. The molecule has 0 aliphatic carbocycles. The first kappa shape index (κ1) is 28.2. The van der Waals surface area contributed by atoms with Gasteiger partial charge in [0.05, 0.1) is 51.4 Å². The first-order chi connectivity index (χ1) is 18.6. The SMILES string of the molecule is CCOC(=O)c1ccc2c(c1)NC(=O)/C2=C(/Nc1cc(Cl)c(N(C)C(=O)CN(C)C)c(Cl)c1)c1ccccc1. The first-order valence-electron chi connectivity index (χ1n) is 12.2. The maximum atomic E-state index is 13.3. The second-order valence-electron chi connectivity index (χ2n) is 9.16. The fraction of sp³-hybridized carbons (Fsp3) is 0.207. The second kappa shape index (κ2) is 11.9. The number of likely N-dealkylation sites (N-methyl/N-ethyl adjacent to an activating group) is 2. The van der Waals surface area contributed by atoms with Gasteiger partial charge in [-0.15, -0.1) is 0 Å². The minimum atomic E-state index is -0.466. The Hall–Kier alpha value is -3.85. The highest BCUT2D eigenvalue weighted by atomic mass is 35.5. The molecule has 0 fully saturated rings. The number of esters is 1. The third-order valence-corrected chi connectivity index (χ3v) is 6.61. The van der Waals surface area contributed by atoms with Gasteiger partial charge in [0.25, 0.3) is 5.91 Å². The zero-order valence-corrected chi connectivity index (χ0v) is 23.5. The summed E-state index contributed by atoms with van der Waals surface area (Å²) in [6.45, 7) is 2.18. The van der Waals surface area contributed by atoms with Crippen LogP contribution in [0.1, 0.15) is 28.4 Å². The minimum Gasteiger partial charge on any atom is -0.462 e. The normalized spacial score (nSPS) is 13.6. The van der Waals surface area contributed by atoms with Crippen LogP contribution in [0, 0.1) is 0 Å². The number of ether oxygens (including phenoxy) is 1. The van der Waals surface area contributed by atoms with Crippen LogP contribution in [0.25, 0.3) is 11.3 Å². The van der Waals surface area contributed by atoms with E-state index in [0.717, 1.165) is 5.56 Å². The van der Waals surface area contributed by atoms with Crippen LogP contribution < -0.4 is 15.5 Å². The Morgan fingerprint density at radius 2 is 1.62 bits per heavy atom. The van der Waals surface area contributed by atoms with E-state index in [1.807, 2.05) is 30.3 Å². The van der Waals surface area contributed by atoms with Crippen LogP contribution >= 0.6 is 23.2 Å². The standard InChI is InChI=1S/C29H28Cl2N4O4/c1-5-39-29(38)18-11-12-20-23(13-18)33-28(37)25(20)26(17-9-7-6-8-10-17)32-19-14-21(30)27(22(31)15-19)35(4)24(36)16-34(2)3/h6-15,32H,5,16H2,1-4H3,(H,33,37)/b26-25+. The smallest absolute Gasteiger partial charge is 0.338 e. The first-order valence-corrected chi connectivity index (χ1v) is 13.0. The number of anilines is 3. The van der Waals surface area contributed by atoms with Gasteiger partial charge in [0.1, 0.15) is 0 Å². The molecule has 1 aliphatic rings. The number of amides is 2. The van der Waals surface area contributed by atoms with Crippen molar-refractivity contribution in [3.63, 3.8) is 0 Å². The molecule has 0 bridgehead atoms. The Morgan fingerprint density at radius 1 is 0.949 bits per heavy atom. The number of rotatable bonds is 8. The highest BCUT2D eigenvalue weighted by Crippen LogP contribution is 2.41. The number of hydrogen-bond donors (Lipinski definition) is 2. The van der Waals surface area contributed by atoms with Crippen LogP contribution in [-0.4, -0.2) is 57.0 Å². The number of fused-ring (bicyclic) bond motifs is 1. The minimum absolute atomic E-state index is 0.168. The van der Waals surface area contributed by atoms with E-state index in [-0.39, 0.29) is 35.0 Å². The number of nitrogens with zero attached hydrogens (tertiary/aromatic N) is 2. The molecule has 8 nitrogen and oxygen atoms in total. The van der Waals surface area contributed by atoms with Crippen LogP contribution in [0.5, 0.6) is 0 Å². The Labute approximate surface area is 237 Å². The second-order valence-corrected chi connectivity index (χ2v) is 9.97. The lowest BCUT2D eigenvalue weighted by molar-refractivity contribution is -0.119. The van der Waals surface area contributed by atoms with Crippen molar-refractivity contribution in [3.8, 4) is 0 Å². The van der Waals surface area contributed by atoms with E-state index in [4.69, 9.17) is 27.9 Å². The number of carbonyl (C=O) groups excluding carboxylic acids is 3. The van der Waals surface area contributed by atoms with Gasteiger partial charge in [-0.25, -0.2) is 4.79 Å². The van der Waals surface area contributed by atoms with E-state index >= 15 is 0 Å². The van der Waals surface area contributed by atoms with Crippen LogP contribution in [-0.2, 0) is 14.3 Å². The quantitative estimate of drug-likeness (QED) is 0.271. The fourth-order valence-electron chi connectivity index (χ4n) is 4.25. The van der Waals surface area contributed by atoms with Crippen molar-refractivity contribution in [3.05, 3.63) is 87.4 Å². The molecule has 0 spiro atoms. The van der Waals surface area contributed by atoms with Crippen molar-refractivity contribution in [2.24, 2.45) is 0 Å². The van der Waals surface area contributed by atoms with Crippen molar-refractivity contribution in [2.45, 2.75) is 6.92 Å². The lowest BCUT2D eigenvalue weighted by Crippen LogP contribution is -2.35. The molecule has 3 aromatic carbocycles. The van der Waals surface area contributed by atoms with E-state index in [1.165, 1.54) is 4.90 Å². The third-order valence-electron chi connectivity index (χ3n) is 6.03. The maximum Gasteiger partial charge on any atom is 0.338 e. The van der Waals surface area contributed by atoms with Gasteiger partial charge in [0.15, 0.2) is 0 Å². The van der Waals surface area contributed by atoms with E-state index in [9.17, 15) is 14.4 Å². The largest absolute Gasteiger partial charge is 0.462 e. The van der Waals surface area contributed by atoms with Gasteiger partial charge in [-0.05, 0) is 50.8 Å². The zero-order chi connectivity index (χ0) is 28.3. The Morgan fingerprint density at radius 3 is 2.23 bits per heavy atom. The summed E-state index contributed by atoms with van der Waals surface area (Å²) < 4.78 is 5.09. The Kier molecular flexibility index (Phi) is 8.60. The van der Waals surface area contributed by atoms with Gasteiger partial charge in [-0.1, -0.05) is 59.6 Å². The summed E-state index contributed by atoms with van der Waals surface area (Å²) in [5.74, 6) is -0.968. The highest BCUT2D eigenvalue weighted by Gasteiger charge is 2.30. The molecule has 2 amide bonds. The Bertz CT molecular complexity index is 1450. The number of carbonyl (C=O) groups is 3. The maximum absolute atomic E-state index is 13.3. The summed E-state index contributed by atoms with van der Waals surface area (Å²) in [6.07, 6.45) is 0. The molecule has 10 heteroatoms. The highest BCUT2D eigenvalue weighted by molar-refractivity contribution is 6.41. The Balaban J connectivity index is 1.78. The van der Waals surface area contributed by atoms with Gasteiger partial charge in [0, 0.05) is 18.3 Å². The van der Waals surface area contributed by atoms with Gasteiger partial charge >= 0.3 is 5.97 Å². The molecule has 2 N–H and O–H groups in total. The molecule has 0 unspecified atom stereocenters. The van der Waals surface area contributed by atoms with Crippen LogP contribution in [0.4, 0.5) is 17.1 Å². The topological polar surface area (TPSA) is 91.0 Å². The summed E-state index contributed by atoms with van der Waals surface area (Å²) in [4.78, 5) is 41.3. The molecule has 0 saturated heterocycles. The van der Waals surface area contributed by atoms with Gasteiger partial charge < -0.3 is 25.2 Å². The molecule has 0 atom stereocenters. The van der Waals surface area contributed by atoms with Crippen LogP contribution in [0.15, 0.2) is 60.7 Å². The van der Waals surface area contributed by atoms with Crippen molar-refractivity contribution in [1.29, 1.82) is 0 Å². The third kappa shape index (κ3) is 6.09. The number of hydrogen-bond acceptors (Lipinski definition) is 6. The van der Waals surface area contributed by atoms with Crippen LogP contribution in [0.2, 0.25) is 10.0 Å². The van der Waals surface area contributed by atoms with E-state index in [1.54, 1.807) is 63.3 Å². The molecule has 202 valence electrons. The summed E-state index contributed by atoms with van der Waals surface area (Å²) in [7, 11) is 5.22. The van der Waals surface area contributed by atoms with Crippen molar-refractivity contribution >= 4 is 69.3 Å². The number of halogens is 2. The summed E-state index contributed by atoms with van der Waals surface area (Å²) in [5.41, 5.74) is 4.05. The zero-order valence-electron chi connectivity index (χ0n) is 22.0. The van der Waals surface area contributed by atoms with Gasteiger partial charge in [-0.3, -0.25) is 9.59 Å². The van der Waals surface area contributed by atoms with Crippen LogP contribution in [0.3, 0.4) is 0 Å². The molecule has 0 saturated carbocycles. The predicted molar refractivity (Wildman–Crippen MR) is 156 cm³/mol. The predicted octanol–water partition coefficient (Wildman–Crippen LogP) is 5.63. The average molecular weight is 567 g/mol.